The van der Waals surface area contributed by atoms with Gasteiger partial charge in [-0.25, -0.2) is 13.1 Å². The lowest BCUT2D eigenvalue weighted by Gasteiger charge is -2.10. The molecule has 0 amide bonds. The summed E-state index contributed by atoms with van der Waals surface area (Å²) in [6, 6.07) is 0. The van der Waals surface area contributed by atoms with Crippen LogP contribution >= 0.6 is 0 Å². The molecule has 0 aliphatic heterocycles. The number of nitrogens with zero attached hydrogens (tertiary/aromatic N) is 1. The number of hydrogen-bond donors (Lipinski definition) is 2. The summed E-state index contributed by atoms with van der Waals surface area (Å²) < 4.78 is 25.2. The van der Waals surface area contributed by atoms with Gasteiger partial charge in [-0.2, -0.15) is 0 Å². The molecule has 0 heterocycles. The lowest BCUT2D eigenvalue weighted by molar-refractivity contribution is 0.412. The van der Waals surface area contributed by atoms with Crippen LogP contribution in [0, 0.1) is 0 Å². The van der Waals surface area contributed by atoms with E-state index in [1.54, 1.807) is 0 Å². The summed E-state index contributed by atoms with van der Waals surface area (Å²) in [4.78, 5) is 1.93. The summed E-state index contributed by atoms with van der Waals surface area (Å²) >= 11 is 0. The highest BCUT2D eigenvalue weighted by atomic mass is 32.2. The number of hydrogen-bond acceptors (Lipinski definition) is 4. The van der Waals surface area contributed by atoms with Crippen molar-refractivity contribution in [3.8, 4) is 0 Å². The maximum atomic E-state index is 11.3. The molecule has 14 heavy (non-hydrogen) atoms. The van der Waals surface area contributed by atoms with E-state index in [1.807, 2.05) is 19.0 Å². The van der Waals surface area contributed by atoms with E-state index in [9.17, 15) is 8.42 Å². The molecule has 0 aliphatic rings. The predicted octanol–water partition coefficient (Wildman–Crippen LogP) is -0.794. The third kappa shape index (κ3) is 8.43. The van der Waals surface area contributed by atoms with Gasteiger partial charge in [0.25, 0.3) is 0 Å². The first-order chi connectivity index (χ1) is 6.48. The minimum absolute atomic E-state index is 0.178. The Morgan fingerprint density at radius 2 is 1.93 bits per heavy atom. The molecular formula is C8H21N3O2S. The topological polar surface area (TPSA) is 75.4 Å². The molecule has 0 atom stereocenters. The highest BCUT2D eigenvalue weighted by Gasteiger charge is 2.08. The number of rotatable bonds is 8. The molecule has 0 unspecified atom stereocenters. The molecule has 0 rings (SSSR count). The van der Waals surface area contributed by atoms with Gasteiger partial charge in [-0.05, 0) is 33.5 Å². The summed E-state index contributed by atoms with van der Waals surface area (Å²) in [7, 11) is 0.729. The molecule has 0 saturated carbocycles. The number of sulfonamides is 1. The second kappa shape index (κ2) is 7.17. The molecule has 5 nitrogen and oxygen atoms in total. The van der Waals surface area contributed by atoms with Gasteiger partial charge in [-0.1, -0.05) is 0 Å². The molecule has 0 spiro atoms. The van der Waals surface area contributed by atoms with Crippen molar-refractivity contribution in [3.63, 3.8) is 0 Å². The van der Waals surface area contributed by atoms with Gasteiger partial charge in [-0.3, -0.25) is 0 Å². The highest BCUT2D eigenvalue weighted by Crippen LogP contribution is 1.92. The van der Waals surface area contributed by atoms with Gasteiger partial charge < -0.3 is 10.6 Å². The fourth-order valence-corrected chi connectivity index (χ4v) is 2.06. The molecule has 0 aromatic heterocycles. The Kier molecular flexibility index (Phi) is 7.08. The van der Waals surface area contributed by atoms with Gasteiger partial charge in [0, 0.05) is 13.1 Å². The van der Waals surface area contributed by atoms with Crippen LogP contribution in [0.2, 0.25) is 0 Å². The third-order valence-electron chi connectivity index (χ3n) is 1.75. The van der Waals surface area contributed by atoms with Crippen LogP contribution in [0.3, 0.4) is 0 Å². The van der Waals surface area contributed by atoms with E-state index in [0.29, 0.717) is 19.5 Å². The van der Waals surface area contributed by atoms with E-state index in [-0.39, 0.29) is 5.75 Å². The fourth-order valence-electron chi connectivity index (χ4n) is 0.933. The molecule has 0 saturated heterocycles. The lowest BCUT2D eigenvalue weighted by atomic mass is 10.3. The van der Waals surface area contributed by atoms with Gasteiger partial charge in [0.05, 0.1) is 5.75 Å². The zero-order valence-electron chi connectivity index (χ0n) is 8.99. The minimum Gasteiger partial charge on any atom is -0.330 e. The molecule has 3 N–H and O–H groups in total. The summed E-state index contributed by atoms with van der Waals surface area (Å²) in [6.45, 7) is 1.74. The molecule has 0 aliphatic carbocycles. The van der Waals surface area contributed by atoms with Crippen LogP contribution in [-0.4, -0.2) is 52.8 Å². The minimum atomic E-state index is -3.08. The van der Waals surface area contributed by atoms with Crippen molar-refractivity contribution in [2.24, 2.45) is 5.73 Å². The Morgan fingerprint density at radius 1 is 1.29 bits per heavy atom. The fraction of sp³-hybridized carbons (Fsp3) is 1.00. The van der Waals surface area contributed by atoms with Crippen molar-refractivity contribution in [1.29, 1.82) is 0 Å². The molecule has 0 bridgehead atoms. The molecule has 0 aromatic rings. The lowest BCUT2D eigenvalue weighted by Crippen LogP contribution is -2.33. The number of unbranched alkanes of at least 4 members (excludes halogenated alkanes) is 1. The highest BCUT2D eigenvalue weighted by molar-refractivity contribution is 7.89. The van der Waals surface area contributed by atoms with E-state index in [0.717, 1.165) is 13.0 Å². The van der Waals surface area contributed by atoms with Crippen molar-refractivity contribution in [3.05, 3.63) is 0 Å². The van der Waals surface area contributed by atoms with Crippen LogP contribution in [0.1, 0.15) is 12.8 Å². The van der Waals surface area contributed by atoms with Crippen LogP contribution < -0.4 is 10.5 Å². The SMILES string of the molecule is CN(C)CCNS(=O)(=O)CCCCN. The number of nitrogens with two attached hydrogens (primary N) is 1. The maximum Gasteiger partial charge on any atom is 0.211 e. The van der Waals surface area contributed by atoms with Crippen molar-refractivity contribution in [2.45, 2.75) is 12.8 Å². The second-order valence-electron chi connectivity index (χ2n) is 3.51. The van der Waals surface area contributed by atoms with E-state index in [4.69, 9.17) is 5.73 Å². The monoisotopic (exact) mass is 223 g/mol. The largest absolute Gasteiger partial charge is 0.330 e. The van der Waals surface area contributed by atoms with Gasteiger partial charge in [0.1, 0.15) is 0 Å². The quantitative estimate of drug-likeness (QED) is 0.529. The van der Waals surface area contributed by atoms with Gasteiger partial charge in [0.2, 0.25) is 10.0 Å². The summed E-state index contributed by atoms with van der Waals surface area (Å²) in [6.07, 6.45) is 1.39. The predicted molar refractivity (Wildman–Crippen MR) is 58.6 cm³/mol. The number of nitrogens with one attached hydrogen (secondary N) is 1. The van der Waals surface area contributed by atoms with Gasteiger partial charge >= 0.3 is 0 Å². The zero-order chi connectivity index (χ0) is 11.0. The summed E-state index contributed by atoms with van der Waals surface area (Å²) in [5.41, 5.74) is 5.28. The Hall–Kier alpha value is -0.170. The first-order valence-corrected chi connectivity index (χ1v) is 6.45. The van der Waals surface area contributed by atoms with E-state index in [1.165, 1.54) is 0 Å². The summed E-state index contributed by atoms with van der Waals surface area (Å²) in [5, 5.41) is 0. The van der Waals surface area contributed by atoms with Crippen LogP contribution in [0.4, 0.5) is 0 Å². The van der Waals surface area contributed by atoms with Crippen LogP contribution in [0.5, 0.6) is 0 Å². The third-order valence-corrected chi connectivity index (χ3v) is 3.22. The Labute approximate surface area is 86.7 Å². The normalized spacial score (nSPS) is 12.3. The molecule has 0 radical (unpaired) electrons. The molecule has 0 aromatic carbocycles. The maximum absolute atomic E-state index is 11.3. The van der Waals surface area contributed by atoms with Gasteiger partial charge in [-0.15, -0.1) is 0 Å². The Balaban J connectivity index is 3.62. The van der Waals surface area contributed by atoms with Crippen molar-refractivity contribution in [2.75, 3.05) is 39.5 Å². The van der Waals surface area contributed by atoms with E-state index < -0.39 is 10.0 Å². The van der Waals surface area contributed by atoms with E-state index >= 15 is 0 Å². The first-order valence-electron chi connectivity index (χ1n) is 4.80. The van der Waals surface area contributed by atoms with Crippen LogP contribution in [0.25, 0.3) is 0 Å². The van der Waals surface area contributed by atoms with Crippen LogP contribution in [0.15, 0.2) is 0 Å². The Morgan fingerprint density at radius 3 is 2.43 bits per heavy atom. The molecule has 86 valence electrons. The Bertz CT molecular complexity index is 227. The van der Waals surface area contributed by atoms with Crippen LogP contribution in [-0.2, 0) is 10.0 Å². The first kappa shape index (κ1) is 13.8. The molecule has 6 heteroatoms. The van der Waals surface area contributed by atoms with E-state index in [2.05, 4.69) is 4.72 Å². The standard InChI is InChI=1S/C8H21N3O2S/c1-11(2)7-6-10-14(12,13)8-4-3-5-9/h10H,3-9H2,1-2H3. The van der Waals surface area contributed by atoms with Crippen molar-refractivity contribution >= 4 is 10.0 Å². The molecular weight excluding hydrogens is 202 g/mol. The van der Waals surface area contributed by atoms with Crippen molar-refractivity contribution < 1.29 is 8.42 Å². The summed E-state index contributed by atoms with van der Waals surface area (Å²) in [5.74, 6) is 0.178. The molecule has 0 fully saturated rings. The second-order valence-corrected chi connectivity index (χ2v) is 5.44. The van der Waals surface area contributed by atoms with Crippen molar-refractivity contribution in [1.82, 2.24) is 9.62 Å². The average molecular weight is 223 g/mol. The van der Waals surface area contributed by atoms with Gasteiger partial charge in [0.15, 0.2) is 0 Å². The number of likely N-dealkylation sites (N-methyl/N-ethyl adjacent to an activating group) is 1. The smallest absolute Gasteiger partial charge is 0.211 e. The zero-order valence-corrected chi connectivity index (χ0v) is 9.81. The average Bonchev–Trinajstić information content (AvgIpc) is 2.03.